The van der Waals surface area contributed by atoms with Crippen LogP contribution in [0.2, 0.25) is 0 Å². The van der Waals surface area contributed by atoms with Gasteiger partial charge in [0.1, 0.15) is 5.75 Å². The van der Waals surface area contributed by atoms with E-state index in [2.05, 4.69) is 72.8 Å². The van der Waals surface area contributed by atoms with Crippen LogP contribution in [-0.4, -0.2) is 31.6 Å². The minimum absolute atomic E-state index is 0.187. The first kappa shape index (κ1) is 36.7. The standard InChI is InChI=1S/C35H60N4OS2/c1-9-11-13-15-17-19-23-41-32-37-31(38-33(39-32)42-24-20-18-16-14-12-10-2)36-28-25-27(21-22-34(3,4)5)30(40)29(26-28)35(6,7)8/h25-26,40H,9-24H2,1-8H3,(H,36,37,38,39). The Kier molecular flexibility index (Phi) is 16.6. The highest BCUT2D eigenvalue weighted by Gasteiger charge is 2.23. The zero-order chi connectivity index (χ0) is 31.0. The van der Waals surface area contributed by atoms with Crippen LogP contribution >= 0.6 is 23.5 Å². The summed E-state index contributed by atoms with van der Waals surface area (Å²) in [6.45, 7) is 17.7. The fourth-order valence-corrected chi connectivity index (χ4v) is 6.51. The van der Waals surface area contributed by atoms with Crippen molar-refractivity contribution >= 4 is 35.2 Å². The number of anilines is 2. The molecule has 0 bridgehead atoms. The number of aryl methyl sites for hydroxylation is 1. The Hall–Kier alpha value is -1.47. The van der Waals surface area contributed by atoms with Crippen molar-refractivity contribution in [3.8, 4) is 5.75 Å². The van der Waals surface area contributed by atoms with Crippen LogP contribution in [0.25, 0.3) is 0 Å². The van der Waals surface area contributed by atoms with E-state index in [1.165, 1.54) is 77.0 Å². The highest BCUT2D eigenvalue weighted by Crippen LogP contribution is 2.38. The van der Waals surface area contributed by atoms with E-state index in [1.807, 2.05) is 0 Å². The molecule has 42 heavy (non-hydrogen) atoms. The third kappa shape index (κ3) is 14.8. The smallest absolute Gasteiger partial charge is 0.232 e. The number of aromatic nitrogens is 3. The van der Waals surface area contributed by atoms with E-state index in [4.69, 9.17) is 15.0 Å². The first-order chi connectivity index (χ1) is 19.9. The SMILES string of the molecule is CCCCCCCCSc1nc(Nc2cc(CCC(C)(C)C)c(O)c(C(C)(C)C)c2)nc(SCCCCCCCC)n1. The van der Waals surface area contributed by atoms with Crippen molar-refractivity contribution in [3.05, 3.63) is 23.3 Å². The van der Waals surface area contributed by atoms with Crippen LogP contribution in [0.15, 0.2) is 22.4 Å². The van der Waals surface area contributed by atoms with Gasteiger partial charge in [0.15, 0.2) is 10.3 Å². The van der Waals surface area contributed by atoms with Gasteiger partial charge >= 0.3 is 0 Å². The Morgan fingerprint density at radius 2 is 1.19 bits per heavy atom. The average Bonchev–Trinajstić information content (AvgIpc) is 2.91. The molecule has 2 aromatic rings. The lowest BCUT2D eigenvalue weighted by atomic mass is 9.82. The number of nitrogens with one attached hydrogen (secondary N) is 1. The molecule has 0 fully saturated rings. The lowest BCUT2D eigenvalue weighted by molar-refractivity contribution is 0.372. The van der Waals surface area contributed by atoms with Crippen LogP contribution in [0, 0.1) is 5.41 Å². The number of thioether (sulfide) groups is 2. The Bertz CT molecular complexity index is 1010. The first-order valence-corrected chi connectivity index (χ1v) is 18.5. The molecule has 5 nitrogen and oxygen atoms in total. The van der Waals surface area contributed by atoms with E-state index >= 15 is 0 Å². The third-order valence-corrected chi connectivity index (χ3v) is 9.32. The van der Waals surface area contributed by atoms with E-state index in [0.717, 1.165) is 51.5 Å². The molecule has 0 unspecified atom stereocenters. The van der Waals surface area contributed by atoms with E-state index in [-0.39, 0.29) is 10.8 Å². The van der Waals surface area contributed by atoms with Crippen molar-refractivity contribution in [1.29, 1.82) is 0 Å². The molecule has 0 saturated carbocycles. The third-order valence-electron chi connectivity index (χ3n) is 7.45. The number of nitrogens with zero attached hydrogens (tertiary/aromatic N) is 3. The Labute approximate surface area is 266 Å². The summed E-state index contributed by atoms with van der Waals surface area (Å²) in [5.74, 6) is 3.06. The van der Waals surface area contributed by atoms with Gasteiger partial charge < -0.3 is 10.4 Å². The van der Waals surface area contributed by atoms with Crippen LogP contribution in [-0.2, 0) is 11.8 Å². The van der Waals surface area contributed by atoms with Crippen LogP contribution in [0.5, 0.6) is 5.75 Å². The summed E-state index contributed by atoms with van der Waals surface area (Å²) < 4.78 is 0. The molecule has 1 aromatic carbocycles. The molecular formula is C35H60N4OS2. The predicted molar refractivity (Wildman–Crippen MR) is 186 cm³/mol. The van der Waals surface area contributed by atoms with Crippen molar-refractivity contribution in [1.82, 2.24) is 15.0 Å². The molecule has 7 heteroatoms. The maximum atomic E-state index is 11.2. The molecule has 238 valence electrons. The van der Waals surface area contributed by atoms with Crippen molar-refractivity contribution < 1.29 is 5.11 Å². The molecule has 2 rings (SSSR count). The predicted octanol–water partition coefficient (Wildman–Crippen LogP) is 11.5. The van der Waals surface area contributed by atoms with Gasteiger partial charge in [0.05, 0.1) is 0 Å². The van der Waals surface area contributed by atoms with Crippen LogP contribution in [0.4, 0.5) is 11.6 Å². The van der Waals surface area contributed by atoms with Gasteiger partial charge in [0.25, 0.3) is 0 Å². The molecule has 0 saturated heterocycles. The summed E-state index contributed by atoms with van der Waals surface area (Å²) in [6, 6.07) is 4.14. The number of benzene rings is 1. The number of aromatic hydroxyl groups is 1. The Balaban J connectivity index is 2.22. The summed E-state index contributed by atoms with van der Waals surface area (Å²) >= 11 is 3.49. The van der Waals surface area contributed by atoms with Gasteiger partial charge in [-0.3, -0.25) is 0 Å². The van der Waals surface area contributed by atoms with E-state index in [9.17, 15) is 5.11 Å². The first-order valence-electron chi connectivity index (χ1n) is 16.6. The lowest BCUT2D eigenvalue weighted by Gasteiger charge is -2.25. The highest BCUT2D eigenvalue weighted by molar-refractivity contribution is 7.99. The maximum Gasteiger partial charge on any atom is 0.232 e. The molecule has 0 atom stereocenters. The zero-order valence-corrected chi connectivity index (χ0v) is 29.7. The lowest BCUT2D eigenvalue weighted by Crippen LogP contribution is -2.14. The second-order valence-corrected chi connectivity index (χ2v) is 16.0. The minimum atomic E-state index is -0.187. The molecule has 0 spiro atoms. The summed E-state index contributed by atoms with van der Waals surface area (Å²) in [6.07, 6.45) is 17.3. The number of phenolic OH excluding ortho intramolecular Hbond substituents is 1. The Morgan fingerprint density at radius 1 is 0.690 bits per heavy atom. The molecule has 0 aliphatic rings. The number of rotatable bonds is 20. The van der Waals surface area contributed by atoms with Gasteiger partial charge in [-0.05, 0) is 54.2 Å². The quantitative estimate of drug-likeness (QED) is 0.0871. The summed E-state index contributed by atoms with van der Waals surface area (Å²) in [5, 5.41) is 16.3. The molecule has 2 N–H and O–H groups in total. The largest absolute Gasteiger partial charge is 0.507 e. The van der Waals surface area contributed by atoms with Crippen molar-refractivity contribution in [2.24, 2.45) is 5.41 Å². The van der Waals surface area contributed by atoms with E-state index in [0.29, 0.717) is 11.7 Å². The molecular weight excluding hydrogens is 557 g/mol. The van der Waals surface area contributed by atoms with Crippen molar-refractivity contribution in [3.63, 3.8) is 0 Å². The maximum absolute atomic E-state index is 11.2. The molecule has 0 radical (unpaired) electrons. The van der Waals surface area contributed by atoms with Crippen LogP contribution in [0.3, 0.4) is 0 Å². The molecule has 1 aromatic heterocycles. The zero-order valence-electron chi connectivity index (χ0n) is 28.1. The molecule has 0 aliphatic carbocycles. The van der Waals surface area contributed by atoms with Gasteiger partial charge in [-0.2, -0.15) is 15.0 Å². The van der Waals surface area contributed by atoms with Gasteiger partial charge in [-0.1, -0.05) is 143 Å². The van der Waals surface area contributed by atoms with Gasteiger partial charge in [-0.25, -0.2) is 0 Å². The van der Waals surface area contributed by atoms with Gasteiger partial charge in [0.2, 0.25) is 5.95 Å². The number of phenols is 1. The fourth-order valence-electron chi connectivity index (χ4n) is 4.78. The number of hydrogen-bond acceptors (Lipinski definition) is 7. The molecule has 1 heterocycles. The fraction of sp³-hybridized carbons (Fsp3) is 0.743. The van der Waals surface area contributed by atoms with E-state index < -0.39 is 0 Å². The van der Waals surface area contributed by atoms with Crippen LogP contribution < -0.4 is 5.32 Å². The second-order valence-electron chi connectivity index (χ2n) is 13.9. The summed E-state index contributed by atoms with van der Waals surface area (Å²) in [7, 11) is 0. The van der Waals surface area contributed by atoms with E-state index in [1.54, 1.807) is 23.5 Å². The van der Waals surface area contributed by atoms with Gasteiger partial charge in [0, 0.05) is 22.8 Å². The van der Waals surface area contributed by atoms with Crippen molar-refractivity contribution in [2.75, 3.05) is 16.8 Å². The normalized spacial score (nSPS) is 12.2. The number of unbranched alkanes of at least 4 members (excludes halogenated alkanes) is 10. The van der Waals surface area contributed by atoms with Crippen LogP contribution in [0.1, 0.15) is 150 Å². The second kappa shape index (κ2) is 19.0. The topological polar surface area (TPSA) is 70.9 Å². The molecule has 0 amide bonds. The highest BCUT2D eigenvalue weighted by atomic mass is 32.2. The van der Waals surface area contributed by atoms with Crippen molar-refractivity contribution in [2.45, 2.75) is 161 Å². The molecule has 0 aliphatic heterocycles. The minimum Gasteiger partial charge on any atom is -0.507 e. The summed E-state index contributed by atoms with van der Waals surface area (Å²) in [5.41, 5.74) is 2.85. The average molecular weight is 617 g/mol. The Morgan fingerprint density at radius 3 is 1.67 bits per heavy atom. The summed E-state index contributed by atoms with van der Waals surface area (Å²) in [4.78, 5) is 14.5. The monoisotopic (exact) mass is 616 g/mol. The number of hydrogen-bond donors (Lipinski definition) is 2. The van der Waals surface area contributed by atoms with Gasteiger partial charge in [-0.15, -0.1) is 0 Å².